The van der Waals surface area contributed by atoms with Crippen LogP contribution in [0.5, 0.6) is 0 Å². The number of anilines is 1. The fourth-order valence-corrected chi connectivity index (χ4v) is 12.0. The van der Waals surface area contributed by atoms with Crippen LogP contribution in [0.2, 0.25) is 5.02 Å². The van der Waals surface area contributed by atoms with Crippen LogP contribution in [-0.2, 0) is 25.2 Å². The molecule has 18 nitrogen and oxygen atoms in total. The molecule has 4 fully saturated rings. The van der Waals surface area contributed by atoms with E-state index in [4.69, 9.17) is 21.1 Å². The van der Waals surface area contributed by atoms with Gasteiger partial charge in [0.05, 0.1) is 36.2 Å². The Morgan fingerprint density at radius 2 is 1.42 bits per heavy atom. The molecule has 1 unspecified atom stereocenters. The highest BCUT2D eigenvalue weighted by Gasteiger charge is 2.45. The lowest BCUT2D eigenvalue weighted by Crippen LogP contribution is -2.64. The van der Waals surface area contributed by atoms with Crippen LogP contribution < -0.4 is 20.9 Å². The lowest BCUT2D eigenvalue weighted by atomic mass is 9.85. The van der Waals surface area contributed by atoms with E-state index < -0.39 is 29.0 Å². The fraction of sp³-hybridized carbons (Fsp3) is 0.492. The topological polar surface area (TPSA) is 198 Å². The SMILES string of the molecule is CCl.CN1CCN(CCC(NC(=O)C2(NC(=O)OC(C)(C)C)CCN(c3ncnc4[nH]ccc34)CC2)c2ccc(Cl)cc2)CC1.O=CCNCCOC1CCN(C(=O)c2ccc(C3CCN(C(=O)c4cccc5c(C(F)(F)F)cccc45)CC3)cc2)CC1. The third-order valence-electron chi connectivity index (χ3n) is 16.8. The molecule has 0 bridgehead atoms. The second-order valence-corrected chi connectivity index (χ2v) is 24.2. The number of amides is 4. The number of rotatable bonds is 17. The molecule has 88 heavy (non-hydrogen) atoms. The van der Waals surface area contributed by atoms with E-state index in [0.29, 0.717) is 87.8 Å². The molecule has 4 aliphatic heterocycles. The summed E-state index contributed by atoms with van der Waals surface area (Å²) in [6.45, 7) is 15.1. The number of piperidine rings is 3. The van der Waals surface area contributed by atoms with Gasteiger partial charge < -0.3 is 59.7 Å². The molecule has 2 aromatic heterocycles. The van der Waals surface area contributed by atoms with Crippen molar-refractivity contribution in [2.24, 2.45) is 0 Å². The van der Waals surface area contributed by atoms with Crippen LogP contribution in [0.3, 0.4) is 0 Å². The van der Waals surface area contributed by atoms with E-state index in [2.05, 4.69) is 64.3 Å². The van der Waals surface area contributed by atoms with Crippen LogP contribution in [0.25, 0.3) is 21.8 Å². The second kappa shape index (κ2) is 31.0. The molecule has 4 aromatic carbocycles. The first-order valence-electron chi connectivity index (χ1n) is 30.2. The van der Waals surface area contributed by atoms with E-state index >= 15 is 0 Å². The van der Waals surface area contributed by atoms with Crippen molar-refractivity contribution in [1.29, 1.82) is 0 Å². The molecule has 4 aliphatic rings. The molecule has 4 saturated heterocycles. The zero-order chi connectivity index (χ0) is 63.0. The third-order valence-corrected chi connectivity index (χ3v) is 17.0. The molecule has 0 aliphatic carbocycles. The number of carbonyl (C=O) groups excluding carboxylic acids is 5. The maximum absolute atomic E-state index is 14.3. The number of aromatic nitrogens is 3. The van der Waals surface area contributed by atoms with Gasteiger partial charge in [-0.15, -0.1) is 11.6 Å². The number of likely N-dealkylation sites (N-methyl/N-ethyl adjacent to an activating group) is 1. The number of hydrogen-bond donors (Lipinski definition) is 4. The number of H-pyrrole nitrogens is 1. The van der Waals surface area contributed by atoms with Gasteiger partial charge in [-0.3, -0.25) is 14.4 Å². The van der Waals surface area contributed by atoms with Crippen molar-refractivity contribution >= 4 is 80.9 Å². The number of aromatic amines is 1. The van der Waals surface area contributed by atoms with Gasteiger partial charge in [-0.1, -0.05) is 60.1 Å². The predicted octanol–water partition coefficient (Wildman–Crippen LogP) is 10.1. The van der Waals surface area contributed by atoms with Crippen LogP contribution >= 0.6 is 23.2 Å². The number of hydrogen-bond acceptors (Lipinski definition) is 13. The van der Waals surface area contributed by atoms with Gasteiger partial charge in [0.25, 0.3) is 11.8 Å². The Hall–Kier alpha value is -6.88. The summed E-state index contributed by atoms with van der Waals surface area (Å²) in [4.78, 5) is 86.7. The second-order valence-electron chi connectivity index (χ2n) is 23.8. The molecule has 0 saturated carbocycles. The van der Waals surface area contributed by atoms with Crippen LogP contribution in [0.15, 0.2) is 104 Å². The van der Waals surface area contributed by atoms with E-state index in [1.165, 1.54) is 24.6 Å². The molecule has 6 heterocycles. The number of alkyl halides is 4. The number of fused-ring (bicyclic) bond motifs is 2. The molecule has 0 radical (unpaired) electrons. The Kier molecular flexibility index (Phi) is 23.7. The molecule has 4 amide bonds. The Morgan fingerprint density at radius 3 is 2.08 bits per heavy atom. The monoisotopic (exact) mass is 1260 g/mol. The summed E-state index contributed by atoms with van der Waals surface area (Å²) in [7, 11) is 2.14. The third kappa shape index (κ3) is 17.7. The Bertz CT molecular complexity index is 3260. The average Bonchev–Trinajstić information content (AvgIpc) is 1.31. The van der Waals surface area contributed by atoms with E-state index in [1.807, 2.05) is 86.5 Å². The van der Waals surface area contributed by atoms with Crippen LogP contribution in [0.4, 0.5) is 23.8 Å². The Labute approximate surface area is 523 Å². The molecule has 10 rings (SSSR count). The lowest BCUT2D eigenvalue weighted by molar-refractivity contribution is -0.136. The molecule has 6 aromatic rings. The van der Waals surface area contributed by atoms with Crippen molar-refractivity contribution < 1.29 is 46.6 Å². The zero-order valence-corrected chi connectivity index (χ0v) is 52.4. The number of halogens is 5. The van der Waals surface area contributed by atoms with Crippen molar-refractivity contribution in [3.8, 4) is 0 Å². The fourth-order valence-electron chi connectivity index (χ4n) is 11.9. The number of piperazine rings is 1. The molecule has 474 valence electrons. The molecular weight excluding hydrogens is 1170 g/mol. The van der Waals surface area contributed by atoms with Crippen molar-refractivity contribution in [3.63, 3.8) is 0 Å². The van der Waals surface area contributed by atoms with E-state index in [0.717, 1.165) is 105 Å². The normalized spacial score (nSPS) is 17.5. The maximum atomic E-state index is 14.3. The minimum absolute atomic E-state index is 0.00170. The summed E-state index contributed by atoms with van der Waals surface area (Å²) >= 11 is 10.8. The van der Waals surface area contributed by atoms with E-state index in [1.54, 1.807) is 23.4 Å². The number of carbonyl (C=O) groups is 5. The standard InChI is InChI=1S/C33H36F3N3O4.C31H43ClN8O3.CH3Cl/c34-33(35,36)30-6-2-3-27-28(30)4-1-5-29(27)32(42)39-17-11-24(12-18-39)23-7-9-25(10-8-23)31(41)38-19-13-26(14-20-38)43-22-16-37-15-21-40;1-30(2,3)43-29(42)37-31(11-15-40(16-12-31)27-24-9-13-33-26(24)34-21-35-27)28(41)36-25(22-5-7-23(32)8-6-22)10-14-39-19-17-38(4)18-20-39;1-2/h1-10,21,24,26,37H,11-20,22H2;5-9,13,21,25H,10-12,14-20H2,1-4H3,(H,36,41)(H,37,42)(H,33,34,35);1H3. The van der Waals surface area contributed by atoms with Crippen molar-refractivity contribution in [3.05, 3.63) is 136 Å². The van der Waals surface area contributed by atoms with Gasteiger partial charge in [0.15, 0.2) is 0 Å². The summed E-state index contributed by atoms with van der Waals surface area (Å²) in [6, 6.07) is 25.5. The van der Waals surface area contributed by atoms with Crippen LogP contribution in [0, 0.1) is 0 Å². The van der Waals surface area contributed by atoms with Gasteiger partial charge >= 0.3 is 12.3 Å². The summed E-state index contributed by atoms with van der Waals surface area (Å²) < 4.78 is 52.0. The molecular formula is C65H82Cl2F3N11O7. The number of nitrogens with one attached hydrogen (secondary N) is 4. The Balaban J connectivity index is 0.000000222. The number of likely N-dealkylation sites (tertiary alicyclic amines) is 2. The highest BCUT2D eigenvalue weighted by atomic mass is 35.5. The van der Waals surface area contributed by atoms with Gasteiger partial charge in [0.1, 0.15) is 35.2 Å². The average molecular weight is 1260 g/mol. The molecule has 23 heteroatoms. The van der Waals surface area contributed by atoms with Gasteiger partial charge in [-0.25, -0.2) is 14.8 Å². The number of aldehydes is 1. The molecule has 4 N–H and O–H groups in total. The van der Waals surface area contributed by atoms with Gasteiger partial charge in [0, 0.05) is 107 Å². The van der Waals surface area contributed by atoms with Gasteiger partial charge in [-0.05, 0) is 143 Å². The summed E-state index contributed by atoms with van der Waals surface area (Å²) in [6.07, 6.45) is 5.21. The largest absolute Gasteiger partial charge is 0.444 e. The Morgan fingerprint density at radius 1 is 0.773 bits per heavy atom. The van der Waals surface area contributed by atoms with Gasteiger partial charge in [-0.2, -0.15) is 13.2 Å². The maximum Gasteiger partial charge on any atom is 0.417 e. The molecule has 1 atom stereocenters. The minimum atomic E-state index is -4.50. The van der Waals surface area contributed by atoms with Crippen molar-refractivity contribution in [1.82, 2.24) is 50.5 Å². The van der Waals surface area contributed by atoms with Gasteiger partial charge in [0.2, 0.25) is 5.91 Å². The first kappa shape index (κ1) is 67.1. The zero-order valence-electron chi connectivity index (χ0n) is 50.9. The molecule has 0 spiro atoms. The number of ether oxygens (including phenoxy) is 2. The highest BCUT2D eigenvalue weighted by Crippen LogP contribution is 2.37. The van der Waals surface area contributed by atoms with Crippen molar-refractivity contribution in [2.75, 3.05) is 110 Å². The quantitative estimate of drug-likeness (QED) is 0.0383. The van der Waals surface area contributed by atoms with Crippen molar-refractivity contribution in [2.45, 2.75) is 101 Å². The minimum Gasteiger partial charge on any atom is -0.444 e. The van der Waals surface area contributed by atoms with Crippen LogP contribution in [-0.4, -0.2) is 187 Å². The summed E-state index contributed by atoms with van der Waals surface area (Å²) in [5.74, 6) is 0.566. The summed E-state index contributed by atoms with van der Waals surface area (Å²) in [5.41, 5.74) is 1.19. The number of nitrogens with zero attached hydrogens (tertiary/aromatic N) is 7. The predicted molar refractivity (Wildman–Crippen MR) is 337 cm³/mol. The number of benzene rings is 4. The van der Waals surface area contributed by atoms with Crippen LogP contribution in [0.1, 0.15) is 115 Å². The lowest BCUT2D eigenvalue weighted by Gasteiger charge is -2.42. The first-order valence-corrected chi connectivity index (χ1v) is 31.3. The first-order chi connectivity index (χ1) is 42.3. The summed E-state index contributed by atoms with van der Waals surface area (Å²) in [5, 5.41) is 11.2. The number of alkyl carbamates (subject to hydrolysis) is 1. The smallest absolute Gasteiger partial charge is 0.417 e. The van der Waals surface area contributed by atoms with E-state index in [-0.39, 0.29) is 46.7 Å². The van der Waals surface area contributed by atoms with E-state index in [9.17, 15) is 37.1 Å². The highest BCUT2D eigenvalue weighted by molar-refractivity contribution is 6.30.